The van der Waals surface area contributed by atoms with E-state index in [1.165, 1.54) is 54.8 Å². The summed E-state index contributed by atoms with van der Waals surface area (Å²) < 4.78 is 14.3. The van der Waals surface area contributed by atoms with Gasteiger partial charge in [0.15, 0.2) is 0 Å². The van der Waals surface area contributed by atoms with Crippen molar-refractivity contribution in [2.45, 2.75) is 44.3 Å². The van der Waals surface area contributed by atoms with E-state index in [9.17, 15) is 9.18 Å². The van der Waals surface area contributed by atoms with Crippen LogP contribution in [0.2, 0.25) is 0 Å². The topological polar surface area (TPSA) is 146 Å². The molecule has 170 valence electrons. The molecule has 1 amide bonds. The van der Waals surface area contributed by atoms with E-state index in [1.54, 1.807) is 6.07 Å². The normalized spacial score (nSPS) is 29.4. The van der Waals surface area contributed by atoms with Gasteiger partial charge in [0.2, 0.25) is 5.95 Å². The lowest BCUT2D eigenvalue weighted by Gasteiger charge is -2.21. The van der Waals surface area contributed by atoms with Crippen molar-refractivity contribution in [2.24, 2.45) is 17.1 Å². The Balaban J connectivity index is 1.28. The Bertz CT molecular complexity index is 1230. The Morgan fingerprint density at radius 2 is 2.12 bits per heavy atom. The zero-order valence-electron chi connectivity index (χ0n) is 18.0. The van der Waals surface area contributed by atoms with Crippen molar-refractivity contribution >= 4 is 23.4 Å². The number of rotatable bonds is 6. The van der Waals surface area contributed by atoms with Crippen LogP contribution in [0.4, 0.5) is 21.8 Å². The van der Waals surface area contributed by atoms with Crippen LogP contribution in [0.3, 0.4) is 0 Å². The molecule has 0 bridgehead atoms. The number of nitrogens with zero attached hydrogens (tertiary/aromatic N) is 5. The van der Waals surface area contributed by atoms with Gasteiger partial charge in [-0.3, -0.25) is 4.79 Å². The number of primary amides is 1. The monoisotopic (exact) mass is 449 g/mol. The SMILES string of the molecule is CC1C(Nc2ncc(C(N)=O)c(Nc3cc(F)cc(-n4nccn4)c3)n2)C12CCCC1N[C@@H]12. The molecule has 3 aliphatic rings. The van der Waals surface area contributed by atoms with Crippen molar-refractivity contribution in [3.05, 3.63) is 48.2 Å². The van der Waals surface area contributed by atoms with Gasteiger partial charge in [-0.15, -0.1) is 0 Å². The van der Waals surface area contributed by atoms with Crippen molar-refractivity contribution in [3.8, 4) is 5.69 Å². The summed E-state index contributed by atoms with van der Waals surface area (Å²) in [6.07, 6.45) is 8.04. The minimum absolute atomic E-state index is 0.115. The molecule has 11 heteroatoms. The van der Waals surface area contributed by atoms with Gasteiger partial charge in [-0.25, -0.2) is 9.37 Å². The van der Waals surface area contributed by atoms with Crippen LogP contribution in [0.15, 0.2) is 36.8 Å². The van der Waals surface area contributed by atoms with Gasteiger partial charge in [0.1, 0.15) is 17.2 Å². The van der Waals surface area contributed by atoms with Crippen LogP contribution in [0.25, 0.3) is 5.69 Å². The molecule has 1 aliphatic heterocycles. The fourth-order valence-corrected chi connectivity index (χ4v) is 5.63. The molecule has 3 aromatic rings. The molecule has 2 aliphatic carbocycles. The van der Waals surface area contributed by atoms with Crippen LogP contribution >= 0.6 is 0 Å². The standard InChI is InChI=1S/C22H24FN9O/c1-11-17(22(11)4-2-3-16-18(22)29-16)30-21-25-10-15(19(24)33)20(31-21)28-13-7-12(23)8-14(9-13)32-26-5-6-27-32/h5-11,16-18,29H,2-4H2,1H3,(H2,24,33)(H2,25,28,30,31)/t11?,16?,17?,18-,22?/m0/s1. The van der Waals surface area contributed by atoms with Crippen molar-refractivity contribution in [3.63, 3.8) is 0 Å². The van der Waals surface area contributed by atoms with Crippen LogP contribution < -0.4 is 21.7 Å². The predicted octanol–water partition coefficient (Wildman–Crippen LogP) is 1.98. The average molecular weight is 449 g/mol. The molecule has 0 radical (unpaired) electrons. The molecule has 4 unspecified atom stereocenters. The van der Waals surface area contributed by atoms with E-state index < -0.39 is 11.7 Å². The van der Waals surface area contributed by atoms with Gasteiger partial charge >= 0.3 is 0 Å². The van der Waals surface area contributed by atoms with Gasteiger partial charge in [0, 0.05) is 41.5 Å². The largest absolute Gasteiger partial charge is 0.365 e. The van der Waals surface area contributed by atoms with Crippen LogP contribution in [0.5, 0.6) is 0 Å². The summed E-state index contributed by atoms with van der Waals surface area (Å²) >= 11 is 0. The predicted molar refractivity (Wildman–Crippen MR) is 119 cm³/mol. The summed E-state index contributed by atoms with van der Waals surface area (Å²) in [5.74, 6) is -0.0490. The smallest absolute Gasteiger partial charge is 0.254 e. The lowest BCUT2D eigenvalue weighted by molar-refractivity contribution is 0.100. The minimum atomic E-state index is -0.678. The Kier molecular flexibility index (Phi) is 4.37. The maximum atomic E-state index is 14.3. The second-order valence-corrected chi connectivity index (χ2v) is 9.13. The van der Waals surface area contributed by atoms with Crippen LogP contribution in [-0.4, -0.2) is 49.0 Å². The molecule has 6 rings (SSSR count). The Morgan fingerprint density at radius 1 is 1.30 bits per heavy atom. The molecule has 3 heterocycles. The van der Waals surface area contributed by atoms with Gasteiger partial charge in [0.05, 0.1) is 18.1 Å². The second-order valence-electron chi connectivity index (χ2n) is 9.13. The van der Waals surface area contributed by atoms with Crippen molar-refractivity contribution in [2.75, 3.05) is 10.6 Å². The van der Waals surface area contributed by atoms with E-state index in [-0.39, 0.29) is 22.8 Å². The quantitative estimate of drug-likeness (QED) is 0.418. The summed E-state index contributed by atoms with van der Waals surface area (Å²) in [7, 11) is 0. The number of anilines is 3. The van der Waals surface area contributed by atoms with E-state index in [0.29, 0.717) is 35.3 Å². The lowest BCUT2D eigenvalue weighted by atomic mass is 9.84. The van der Waals surface area contributed by atoms with E-state index in [2.05, 4.69) is 43.0 Å². The first-order chi connectivity index (χ1) is 16.0. The maximum Gasteiger partial charge on any atom is 0.254 e. The van der Waals surface area contributed by atoms with Gasteiger partial charge < -0.3 is 21.7 Å². The second kappa shape index (κ2) is 7.20. The van der Waals surface area contributed by atoms with Crippen molar-refractivity contribution in [1.29, 1.82) is 0 Å². The number of hydrogen-bond donors (Lipinski definition) is 4. The van der Waals surface area contributed by atoms with Crippen LogP contribution in [0.1, 0.15) is 36.5 Å². The number of carbonyl (C=O) groups excluding carboxylic acids is 1. The van der Waals surface area contributed by atoms with Crippen molar-refractivity contribution < 1.29 is 9.18 Å². The van der Waals surface area contributed by atoms with Gasteiger partial charge in [0.25, 0.3) is 5.91 Å². The van der Waals surface area contributed by atoms with Crippen LogP contribution in [-0.2, 0) is 0 Å². The molecule has 1 spiro atoms. The number of halogens is 1. The number of nitrogens with one attached hydrogen (secondary N) is 3. The van der Waals surface area contributed by atoms with Gasteiger partial charge in [-0.2, -0.15) is 20.0 Å². The molecule has 2 saturated carbocycles. The molecular formula is C22H24FN9O. The first-order valence-electron chi connectivity index (χ1n) is 11.1. The third-order valence-corrected chi connectivity index (χ3v) is 7.34. The zero-order chi connectivity index (χ0) is 22.7. The number of carbonyl (C=O) groups is 1. The first kappa shape index (κ1) is 20.0. The molecule has 3 fully saturated rings. The van der Waals surface area contributed by atoms with Crippen molar-refractivity contribution in [1.82, 2.24) is 30.3 Å². The number of amides is 1. The zero-order valence-corrected chi connectivity index (χ0v) is 18.0. The van der Waals surface area contributed by atoms with E-state index in [1.807, 2.05) is 0 Å². The summed E-state index contributed by atoms with van der Waals surface area (Å²) in [4.78, 5) is 22.2. The fourth-order valence-electron chi connectivity index (χ4n) is 5.63. The minimum Gasteiger partial charge on any atom is -0.365 e. The van der Waals surface area contributed by atoms with E-state index >= 15 is 0 Å². The highest BCUT2D eigenvalue weighted by atomic mass is 19.1. The highest BCUT2D eigenvalue weighted by Gasteiger charge is 2.72. The average Bonchev–Trinajstić information content (AvgIpc) is 3.58. The molecule has 10 nitrogen and oxygen atoms in total. The fraction of sp³-hybridized carbons (Fsp3) is 0.409. The summed E-state index contributed by atoms with van der Waals surface area (Å²) in [6.45, 7) is 2.26. The first-order valence-corrected chi connectivity index (χ1v) is 11.1. The molecule has 1 aromatic carbocycles. The third kappa shape index (κ3) is 3.30. The van der Waals surface area contributed by atoms with Gasteiger partial charge in [-0.05, 0) is 30.9 Å². The van der Waals surface area contributed by atoms with Crippen LogP contribution in [0, 0.1) is 17.2 Å². The summed E-state index contributed by atoms with van der Waals surface area (Å²) in [6, 6.07) is 5.72. The maximum absolute atomic E-state index is 14.3. The molecule has 5 N–H and O–H groups in total. The highest BCUT2D eigenvalue weighted by Crippen LogP contribution is 2.65. The highest BCUT2D eigenvalue weighted by molar-refractivity contribution is 5.98. The Hall–Kier alpha value is -3.60. The third-order valence-electron chi connectivity index (χ3n) is 7.34. The van der Waals surface area contributed by atoms with E-state index in [4.69, 9.17) is 5.73 Å². The number of benzene rings is 1. The van der Waals surface area contributed by atoms with Gasteiger partial charge in [-0.1, -0.05) is 13.3 Å². The molecule has 33 heavy (non-hydrogen) atoms. The van der Waals surface area contributed by atoms with E-state index in [0.717, 1.165) is 0 Å². The number of nitrogens with two attached hydrogens (primary N) is 1. The molecule has 5 atom stereocenters. The molecular weight excluding hydrogens is 425 g/mol. The molecule has 1 saturated heterocycles. The Labute approximate surface area is 189 Å². The molecule has 2 aromatic heterocycles. The summed E-state index contributed by atoms with van der Waals surface area (Å²) in [5.41, 5.74) is 6.69. The number of hydrogen-bond acceptors (Lipinski definition) is 8. The summed E-state index contributed by atoms with van der Waals surface area (Å²) in [5, 5.41) is 18.2. The lowest BCUT2D eigenvalue weighted by Crippen LogP contribution is -2.26. The number of aromatic nitrogens is 5. The number of fused-ring (bicyclic) bond motifs is 2. The Morgan fingerprint density at radius 3 is 2.91 bits per heavy atom.